The monoisotopic (exact) mass is 649 g/mol. The number of thiazole rings is 1. The van der Waals surface area contributed by atoms with Crippen molar-refractivity contribution in [2.24, 2.45) is 5.16 Å². The lowest BCUT2D eigenvalue weighted by Crippen LogP contribution is -2.71. The summed E-state index contributed by atoms with van der Waals surface area (Å²) in [4.78, 5) is 61.2. The molecule has 0 saturated carbocycles. The molecule has 2 aliphatic rings. The van der Waals surface area contributed by atoms with Gasteiger partial charge in [-0.1, -0.05) is 5.16 Å². The topological polar surface area (TPSA) is 183 Å². The van der Waals surface area contributed by atoms with E-state index in [1.165, 1.54) is 72.5 Å². The lowest BCUT2D eigenvalue weighted by Gasteiger charge is -2.49. The molecule has 0 radical (unpaired) electrons. The molecular formula is C25H23N5O8S4. The summed E-state index contributed by atoms with van der Waals surface area (Å²) in [6.07, 6.45) is 0. The summed E-state index contributed by atoms with van der Waals surface area (Å²) in [7, 11) is 4.27. The Morgan fingerprint density at radius 1 is 1.21 bits per heavy atom. The molecule has 0 bridgehead atoms. The zero-order valence-corrected chi connectivity index (χ0v) is 25.5. The summed E-state index contributed by atoms with van der Waals surface area (Å²) in [5, 5.41) is 18.0. The van der Waals surface area contributed by atoms with Crippen LogP contribution in [-0.2, 0) is 19.2 Å². The van der Waals surface area contributed by atoms with Crippen LogP contribution < -0.4 is 26.0 Å². The minimum Gasteiger partial charge on any atom is -0.493 e. The van der Waals surface area contributed by atoms with Crippen molar-refractivity contribution in [2.75, 3.05) is 38.6 Å². The Morgan fingerprint density at radius 2 is 1.95 bits per heavy atom. The highest BCUT2D eigenvalue weighted by Gasteiger charge is 2.54. The molecule has 1 fully saturated rings. The number of methoxy groups -OCH3 is 2. The number of oxime groups is 1. The maximum atomic E-state index is 13.1. The second kappa shape index (κ2) is 12.2. The Kier molecular flexibility index (Phi) is 8.63. The third-order valence-corrected chi connectivity index (χ3v) is 10.7. The number of nitrogens with one attached hydrogen (secondary N) is 1. The second-order valence-corrected chi connectivity index (χ2v) is 13.1. The van der Waals surface area contributed by atoms with Gasteiger partial charge in [-0.15, -0.1) is 46.2 Å². The first-order valence-corrected chi connectivity index (χ1v) is 15.8. The van der Waals surface area contributed by atoms with Crippen LogP contribution in [0.1, 0.15) is 5.69 Å². The number of ether oxygens (including phenoxy) is 2. The van der Waals surface area contributed by atoms with Gasteiger partial charge in [0.1, 0.15) is 29.9 Å². The number of rotatable bonds is 10. The summed E-state index contributed by atoms with van der Waals surface area (Å²) < 4.78 is 12.0. The van der Waals surface area contributed by atoms with E-state index in [0.29, 0.717) is 37.1 Å². The van der Waals surface area contributed by atoms with Crippen LogP contribution in [0.3, 0.4) is 0 Å². The molecule has 4 heterocycles. The fourth-order valence-electron chi connectivity index (χ4n) is 4.39. The number of hydrogen-bond donors (Lipinski definition) is 3. The first kappa shape index (κ1) is 29.7. The van der Waals surface area contributed by atoms with Crippen molar-refractivity contribution < 1.29 is 33.8 Å². The fraction of sp³-hybridized carbons (Fsp3) is 0.280. The molecule has 220 valence electrons. The first-order chi connectivity index (χ1) is 20.2. The highest BCUT2D eigenvalue weighted by Crippen LogP contribution is 2.42. The zero-order chi connectivity index (χ0) is 30.1. The number of β-lactam (4-membered cyclic amide) rings is 1. The predicted molar refractivity (Wildman–Crippen MR) is 162 cm³/mol. The van der Waals surface area contributed by atoms with E-state index in [2.05, 4.69) is 15.5 Å². The predicted octanol–water partition coefficient (Wildman–Crippen LogP) is 2.20. The van der Waals surface area contributed by atoms with Gasteiger partial charge in [-0.05, 0) is 11.6 Å². The molecule has 5 rings (SSSR count). The van der Waals surface area contributed by atoms with Crippen LogP contribution in [0.2, 0.25) is 0 Å². The number of aliphatic carboxylic acids is 1. The summed E-state index contributed by atoms with van der Waals surface area (Å²) >= 11 is 5.12. The largest absolute Gasteiger partial charge is 0.493 e. The van der Waals surface area contributed by atoms with Crippen molar-refractivity contribution in [3.8, 4) is 11.5 Å². The number of nitrogen functional groups attached to an aromatic ring is 1. The quantitative estimate of drug-likeness (QED) is 0.126. The molecule has 2 aromatic heterocycles. The Bertz CT molecular complexity index is 1720. The molecule has 2 amide bonds. The SMILES string of the molecule is CO/N=C(\C(=O)N[C@@H]1C(=O)N2C(C(=O)O)=C(CSc3cc(=O)c4cc(OC)c(OC)cc4s3)CS[C@H]12)c1csc(N)n1. The van der Waals surface area contributed by atoms with Crippen molar-refractivity contribution >= 4 is 84.9 Å². The van der Waals surface area contributed by atoms with Crippen molar-refractivity contribution in [1.82, 2.24) is 15.2 Å². The molecule has 3 aromatic rings. The third kappa shape index (κ3) is 5.51. The van der Waals surface area contributed by atoms with Gasteiger partial charge in [-0.25, -0.2) is 9.78 Å². The van der Waals surface area contributed by atoms with Crippen LogP contribution >= 0.6 is 46.2 Å². The average molecular weight is 650 g/mol. The van der Waals surface area contributed by atoms with E-state index in [0.717, 1.165) is 11.3 Å². The molecule has 1 saturated heterocycles. The number of carbonyl (C=O) groups excluding carboxylic acids is 2. The minimum atomic E-state index is -1.25. The van der Waals surface area contributed by atoms with Gasteiger partial charge in [0.05, 0.1) is 18.4 Å². The minimum absolute atomic E-state index is 0.126. The molecular weight excluding hydrogens is 627 g/mol. The lowest BCUT2D eigenvalue weighted by molar-refractivity contribution is -0.150. The number of nitrogens with two attached hydrogens (primary N) is 1. The first-order valence-electron chi connectivity index (χ1n) is 12.0. The number of nitrogens with zero attached hydrogens (tertiary/aromatic N) is 3. The fourth-order valence-corrected chi connectivity index (χ4v) is 8.65. The third-order valence-electron chi connectivity index (χ3n) is 6.30. The highest BCUT2D eigenvalue weighted by atomic mass is 32.2. The van der Waals surface area contributed by atoms with Gasteiger partial charge in [0.25, 0.3) is 11.8 Å². The molecule has 17 heteroatoms. The number of anilines is 1. The molecule has 42 heavy (non-hydrogen) atoms. The number of carboxylic acid groups (broad SMARTS) is 1. The van der Waals surface area contributed by atoms with Crippen molar-refractivity contribution in [2.45, 2.75) is 15.6 Å². The van der Waals surface area contributed by atoms with Crippen molar-refractivity contribution in [1.29, 1.82) is 0 Å². The Morgan fingerprint density at radius 3 is 2.60 bits per heavy atom. The number of carbonyl (C=O) groups is 3. The second-order valence-electron chi connectivity index (χ2n) is 8.73. The maximum absolute atomic E-state index is 13.1. The van der Waals surface area contributed by atoms with E-state index in [4.69, 9.17) is 20.0 Å². The molecule has 2 atom stereocenters. The van der Waals surface area contributed by atoms with Crippen molar-refractivity contribution in [3.63, 3.8) is 0 Å². The Hall–Kier alpha value is -3.80. The number of benzene rings is 1. The van der Waals surface area contributed by atoms with Crippen LogP contribution in [0.4, 0.5) is 5.13 Å². The average Bonchev–Trinajstić information content (AvgIpc) is 3.41. The van der Waals surface area contributed by atoms with E-state index in [1.54, 1.807) is 12.1 Å². The van der Waals surface area contributed by atoms with Crippen LogP contribution in [0.5, 0.6) is 11.5 Å². The maximum Gasteiger partial charge on any atom is 0.352 e. The van der Waals surface area contributed by atoms with Gasteiger partial charge < -0.3 is 30.5 Å². The summed E-state index contributed by atoms with van der Waals surface area (Å²) in [6, 6.07) is 3.89. The van der Waals surface area contributed by atoms with E-state index in [-0.39, 0.29) is 33.4 Å². The smallest absolute Gasteiger partial charge is 0.352 e. The summed E-state index contributed by atoms with van der Waals surface area (Å²) in [6.45, 7) is 0. The van der Waals surface area contributed by atoms with Gasteiger partial charge in [-0.2, -0.15) is 0 Å². The van der Waals surface area contributed by atoms with E-state index >= 15 is 0 Å². The van der Waals surface area contributed by atoms with Gasteiger partial charge in [0.15, 0.2) is 27.8 Å². The van der Waals surface area contributed by atoms with E-state index in [1.807, 2.05) is 0 Å². The standard InChI is InChI=1S/C25H23N5O8S4/c1-36-14-4-11-13(31)5-17(42-16(11)6-15(14)37-2)39-7-10-8-40-23-19(22(33)30(23)20(10)24(34)35)28-21(32)18(29-38-3)12-9-41-25(26)27-12/h4-6,9,19,23H,7-8H2,1-3H3,(H2,26,27)(H,28,32)(H,34,35)/b29-18-/t19-,23-/m1/s1. The molecule has 13 nitrogen and oxygen atoms in total. The number of hydrogen-bond acceptors (Lipinski definition) is 14. The molecule has 0 unspecified atom stereocenters. The van der Waals surface area contributed by atoms with Gasteiger partial charge in [0.2, 0.25) is 0 Å². The number of fused-ring (bicyclic) bond motifs is 2. The van der Waals surface area contributed by atoms with Crippen LogP contribution in [0.25, 0.3) is 10.1 Å². The van der Waals surface area contributed by atoms with Gasteiger partial charge in [0, 0.05) is 39.1 Å². The number of aromatic nitrogens is 1. The van der Waals surface area contributed by atoms with Crippen molar-refractivity contribution in [3.05, 3.63) is 50.8 Å². The van der Waals surface area contributed by atoms with Crippen LogP contribution in [0, 0.1) is 0 Å². The van der Waals surface area contributed by atoms with E-state index in [9.17, 15) is 24.3 Å². The summed E-state index contributed by atoms with van der Waals surface area (Å²) in [5.41, 5.74) is 5.89. The Balaban J connectivity index is 1.33. The van der Waals surface area contributed by atoms with Crippen LogP contribution in [0.15, 0.2) is 49.0 Å². The molecule has 0 aliphatic carbocycles. The highest BCUT2D eigenvalue weighted by molar-refractivity contribution is 8.02. The lowest BCUT2D eigenvalue weighted by atomic mass is 10.0. The molecule has 0 spiro atoms. The zero-order valence-electron chi connectivity index (χ0n) is 22.2. The molecule has 1 aromatic carbocycles. The van der Waals surface area contributed by atoms with Gasteiger partial charge in [-0.3, -0.25) is 19.3 Å². The number of thioether (sulfide) groups is 2. The molecule has 4 N–H and O–H groups in total. The van der Waals surface area contributed by atoms with E-state index < -0.39 is 29.2 Å². The van der Waals surface area contributed by atoms with Gasteiger partial charge >= 0.3 is 5.97 Å². The van der Waals surface area contributed by atoms with Crippen LogP contribution in [-0.4, -0.2) is 82.7 Å². The summed E-state index contributed by atoms with van der Waals surface area (Å²) in [5.74, 6) is -1.03. The normalized spacial score (nSPS) is 18.4. The Labute approximate surface area is 254 Å². The number of amides is 2. The molecule has 2 aliphatic heterocycles. The number of carboxylic acids is 1.